The Bertz CT molecular complexity index is 311. The third kappa shape index (κ3) is 1.18. The van der Waals surface area contributed by atoms with Gasteiger partial charge in [0.15, 0.2) is 0 Å². The summed E-state index contributed by atoms with van der Waals surface area (Å²) in [5.41, 5.74) is 2.54. The summed E-state index contributed by atoms with van der Waals surface area (Å²) in [6.45, 7) is 4.14. The average molecular weight is 177 g/mol. The molecule has 0 aromatic heterocycles. The first-order valence-electron chi connectivity index (χ1n) is 4.81. The normalized spacial score (nSPS) is 27.6. The minimum absolute atomic E-state index is 0.140. The molecule has 1 heterocycles. The first kappa shape index (κ1) is 8.73. The SMILES string of the molecule is CC[C@H]1c2ccccc2C(C)N1O. The third-order valence-corrected chi connectivity index (χ3v) is 2.91. The van der Waals surface area contributed by atoms with Gasteiger partial charge in [-0.1, -0.05) is 31.2 Å². The van der Waals surface area contributed by atoms with Gasteiger partial charge in [0.1, 0.15) is 0 Å². The molecule has 1 aromatic rings. The van der Waals surface area contributed by atoms with Crippen LogP contribution in [0.25, 0.3) is 0 Å². The van der Waals surface area contributed by atoms with E-state index in [0.717, 1.165) is 6.42 Å². The predicted molar refractivity (Wildman–Crippen MR) is 51.5 cm³/mol. The number of rotatable bonds is 1. The van der Waals surface area contributed by atoms with E-state index in [1.54, 1.807) is 0 Å². The Labute approximate surface area is 78.8 Å². The zero-order valence-electron chi connectivity index (χ0n) is 8.07. The van der Waals surface area contributed by atoms with Crippen LogP contribution in [0.4, 0.5) is 0 Å². The lowest BCUT2D eigenvalue weighted by Crippen LogP contribution is -2.19. The van der Waals surface area contributed by atoms with E-state index in [1.807, 2.05) is 19.1 Å². The second-order valence-corrected chi connectivity index (χ2v) is 3.61. The van der Waals surface area contributed by atoms with Crippen LogP contribution in [0.15, 0.2) is 24.3 Å². The van der Waals surface area contributed by atoms with Crippen molar-refractivity contribution < 1.29 is 5.21 Å². The molecule has 0 bridgehead atoms. The van der Waals surface area contributed by atoms with Crippen LogP contribution in [0, 0.1) is 0 Å². The molecule has 1 aliphatic rings. The van der Waals surface area contributed by atoms with Gasteiger partial charge in [0.25, 0.3) is 0 Å². The van der Waals surface area contributed by atoms with Crippen molar-refractivity contribution in [3.8, 4) is 0 Å². The van der Waals surface area contributed by atoms with Crippen LogP contribution >= 0.6 is 0 Å². The minimum atomic E-state index is 0.140. The van der Waals surface area contributed by atoms with Crippen molar-refractivity contribution in [2.24, 2.45) is 0 Å². The van der Waals surface area contributed by atoms with E-state index in [-0.39, 0.29) is 12.1 Å². The second kappa shape index (κ2) is 3.13. The molecule has 2 nitrogen and oxygen atoms in total. The number of hydrogen-bond donors (Lipinski definition) is 1. The van der Waals surface area contributed by atoms with E-state index < -0.39 is 0 Å². The highest BCUT2D eigenvalue weighted by atomic mass is 16.5. The Kier molecular flexibility index (Phi) is 2.10. The fraction of sp³-hybridized carbons (Fsp3) is 0.455. The van der Waals surface area contributed by atoms with Gasteiger partial charge in [-0.2, -0.15) is 5.06 Å². The quantitative estimate of drug-likeness (QED) is 0.713. The maximum absolute atomic E-state index is 9.81. The van der Waals surface area contributed by atoms with Crippen LogP contribution in [0.2, 0.25) is 0 Å². The van der Waals surface area contributed by atoms with Crippen molar-refractivity contribution in [3.05, 3.63) is 35.4 Å². The van der Waals surface area contributed by atoms with Crippen LogP contribution in [-0.4, -0.2) is 10.3 Å². The maximum atomic E-state index is 9.81. The molecule has 2 atom stereocenters. The van der Waals surface area contributed by atoms with Crippen LogP contribution in [0.3, 0.4) is 0 Å². The summed E-state index contributed by atoms with van der Waals surface area (Å²) in [5.74, 6) is 0. The Morgan fingerprint density at radius 1 is 1.31 bits per heavy atom. The molecule has 70 valence electrons. The van der Waals surface area contributed by atoms with Crippen molar-refractivity contribution in [1.29, 1.82) is 0 Å². The second-order valence-electron chi connectivity index (χ2n) is 3.61. The molecule has 0 amide bonds. The summed E-state index contributed by atoms with van der Waals surface area (Å²) in [6.07, 6.45) is 0.956. The van der Waals surface area contributed by atoms with Gasteiger partial charge in [0.05, 0.1) is 12.1 Å². The number of fused-ring (bicyclic) bond motifs is 1. The van der Waals surface area contributed by atoms with Gasteiger partial charge in [-0.15, -0.1) is 0 Å². The van der Waals surface area contributed by atoms with E-state index in [9.17, 15) is 5.21 Å². The van der Waals surface area contributed by atoms with Gasteiger partial charge in [0, 0.05) is 0 Å². The lowest BCUT2D eigenvalue weighted by Gasteiger charge is -2.20. The van der Waals surface area contributed by atoms with Crippen molar-refractivity contribution in [2.45, 2.75) is 32.4 Å². The van der Waals surface area contributed by atoms with Crippen molar-refractivity contribution in [1.82, 2.24) is 5.06 Å². The first-order valence-corrected chi connectivity index (χ1v) is 4.81. The first-order chi connectivity index (χ1) is 6.25. The molecule has 1 unspecified atom stereocenters. The molecule has 2 rings (SSSR count). The topological polar surface area (TPSA) is 23.5 Å². The highest BCUT2D eigenvalue weighted by Crippen LogP contribution is 2.41. The average Bonchev–Trinajstić information content (AvgIpc) is 2.41. The van der Waals surface area contributed by atoms with Gasteiger partial charge in [-0.25, -0.2) is 0 Å². The van der Waals surface area contributed by atoms with E-state index in [1.165, 1.54) is 16.2 Å². The van der Waals surface area contributed by atoms with Crippen LogP contribution in [-0.2, 0) is 0 Å². The highest BCUT2D eigenvalue weighted by Gasteiger charge is 2.33. The number of hydroxylamine groups is 2. The van der Waals surface area contributed by atoms with Gasteiger partial charge >= 0.3 is 0 Å². The molecule has 0 fully saturated rings. The predicted octanol–water partition coefficient (Wildman–Crippen LogP) is 2.90. The third-order valence-electron chi connectivity index (χ3n) is 2.91. The smallest absolute Gasteiger partial charge is 0.0607 e. The van der Waals surface area contributed by atoms with Crippen molar-refractivity contribution in [3.63, 3.8) is 0 Å². The molecule has 0 aliphatic carbocycles. The van der Waals surface area contributed by atoms with Gasteiger partial charge < -0.3 is 5.21 Å². The molecule has 1 aliphatic heterocycles. The minimum Gasteiger partial charge on any atom is -0.313 e. The molecule has 0 spiro atoms. The Hall–Kier alpha value is -0.860. The summed E-state index contributed by atoms with van der Waals surface area (Å²) in [6, 6.07) is 8.59. The van der Waals surface area contributed by atoms with Gasteiger partial charge in [-0.05, 0) is 24.5 Å². The molecule has 2 heteroatoms. The molecule has 1 aromatic carbocycles. The molecule has 13 heavy (non-hydrogen) atoms. The number of benzene rings is 1. The monoisotopic (exact) mass is 177 g/mol. The van der Waals surface area contributed by atoms with Gasteiger partial charge in [0.2, 0.25) is 0 Å². The molecule has 1 N–H and O–H groups in total. The molecule has 0 saturated carbocycles. The van der Waals surface area contributed by atoms with Crippen LogP contribution < -0.4 is 0 Å². The highest BCUT2D eigenvalue weighted by molar-refractivity contribution is 5.36. The molecule has 0 radical (unpaired) electrons. The summed E-state index contributed by atoms with van der Waals surface area (Å²) >= 11 is 0. The van der Waals surface area contributed by atoms with E-state index in [2.05, 4.69) is 19.1 Å². The summed E-state index contributed by atoms with van der Waals surface area (Å²) in [4.78, 5) is 0. The molecular weight excluding hydrogens is 162 g/mol. The van der Waals surface area contributed by atoms with Crippen LogP contribution in [0.1, 0.15) is 43.5 Å². The van der Waals surface area contributed by atoms with Crippen molar-refractivity contribution >= 4 is 0 Å². The fourth-order valence-electron chi connectivity index (χ4n) is 2.16. The largest absolute Gasteiger partial charge is 0.313 e. The summed E-state index contributed by atoms with van der Waals surface area (Å²) in [5, 5.41) is 11.3. The van der Waals surface area contributed by atoms with Gasteiger partial charge in [-0.3, -0.25) is 0 Å². The van der Waals surface area contributed by atoms with Crippen molar-refractivity contribution in [2.75, 3.05) is 0 Å². The van der Waals surface area contributed by atoms with E-state index in [0.29, 0.717) is 0 Å². The zero-order valence-corrected chi connectivity index (χ0v) is 8.07. The standard InChI is InChI=1S/C11H15NO/c1-3-11-10-7-5-4-6-9(10)8(2)12(11)13/h4-8,11,13H,3H2,1-2H3/t8?,11-/m0/s1. The van der Waals surface area contributed by atoms with Crippen LogP contribution in [0.5, 0.6) is 0 Å². The maximum Gasteiger partial charge on any atom is 0.0607 e. The Balaban J connectivity index is 2.47. The summed E-state index contributed by atoms with van der Waals surface area (Å²) < 4.78 is 0. The Morgan fingerprint density at radius 2 is 1.92 bits per heavy atom. The van der Waals surface area contributed by atoms with E-state index in [4.69, 9.17) is 0 Å². The lowest BCUT2D eigenvalue weighted by molar-refractivity contribution is -0.147. The Morgan fingerprint density at radius 3 is 2.54 bits per heavy atom. The molecular formula is C11H15NO. The fourth-order valence-corrected chi connectivity index (χ4v) is 2.16. The number of hydrogen-bond acceptors (Lipinski definition) is 2. The zero-order chi connectivity index (χ0) is 9.42. The van der Waals surface area contributed by atoms with E-state index >= 15 is 0 Å². The number of nitrogens with zero attached hydrogens (tertiary/aromatic N) is 1. The molecule has 0 saturated heterocycles. The summed E-state index contributed by atoms with van der Waals surface area (Å²) in [7, 11) is 0. The lowest BCUT2D eigenvalue weighted by atomic mass is 10.0.